The third-order valence-electron chi connectivity index (χ3n) is 6.44. The Morgan fingerprint density at radius 3 is 2.65 bits per heavy atom. The van der Waals surface area contributed by atoms with Gasteiger partial charge in [-0.15, -0.1) is 0 Å². The van der Waals surface area contributed by atoms with Gasteiger partial charge in [0.15, 0.2) is 0 Å². The first-order valence-corrected chi connectivity index (χ1v) is 14.4. The first-order valence-electron chi connectivity index (χ1n) is 12.6. The second-order valence-corrected chi connectivity index (χ2v) is 10.8. The maximum atomic E-state index is 13.2. The molecule has 1 saturated heterocycles. The lowest BCUT2D eigenvalue weighted by molar-refractivity contribution is -0.145. The number of hydrogen-bond donors (Lipinski definition) is 3. The Morgan fingerprint density at radius 2 is 2.05 bits per heavy atom. The van der Waals surface area contributed by atoms with E-state index in [9.17, 15) is 19.2 Å². The second-order valence-electron chi connectivity index (χ2n) is 9.39. The van der Waals surface area contributed by atoms with Gasteiger partial charge in [-0.3, -0.25) is 19.3 Å². The monoisotopic (exact) mass is 554 g/mol. The zero-order valence-corrected chi connectivity index (χ0v) is 23.6. The van der Waals surface area contributed by atoms with Gasteiger partial charge in [-0.2, -0.15) is 11.8 Å². The minimum atomic E-state index is -0.755. The molecule has 3 amide bonds. The molecule has 1 aromatic rings. The van der Waals surface area contributed by atoms with Gasteiger partial charge in [0.2, 0.25) is 17.7 Å². The van der Waals surface area contributed by atoms with Gasteiger partial charge in [0.25, 0.3) is 0 Å². The molecular weight excluding hydrogens is 516 g/mol. The smallest absolute Gasteiger partial charge is 0.328 e. The summed E-state index contributed by atoms with van der Waals surface area (Å²) in [6.45, 7) is 4.45. The van der Waals surface area contributed by atoms with Gasteiger partial charge in [0.05, 0.1) is 19.8 Å². The third kappa shape index (κ3) is 10.5. The van der Waals surface area contributed by atoms with Crippen LogP contribution in [-0.4, -0.2) is 72.5 Å². The van der Waals surface area contributed by atoms with E-state index in [0.29, 0.717) is 43.0 Å². The highest BCUT2D eigenvalue weighted by Crippen LogP contribution is 2.19. The number of halogens is 1. The Labute approximate surface area is 228 Å². The van der Waals surface area contributed by atoms with Crippen LogP contribution in [-0.2, 0) is 30.5 Å². The molecule has 1 unspecified atom stereocenters. The number of hydrogen-bond acceptors (Lipinski definition) is 7. The molecule has 0 saturated carbocycles. The summed E-state index contributed by atoms with van der Waals surface area (Å²) in [5.41, 5.74) is 0.879. The van der Waals surface area contributed by atoms with E-state index in [1.807, 2.05) is 29.4 Å². The van der Waals surface area contributed by atoms with Crippen LogP contribution in [0.3, 0.4) is 0 Å². The highest BCUT2D eigenvalue weighted by Gasteiger charge is 2.32. The zero-order chi connectivity index (χ0) is 27.4. The van der Waals surface area contributed by atoms with Crippen LogP contribution in [0.1, 0.15) is 51.5 Å². The van der Waals surface area contributed by atoms with Gasteiger partial charge < -0.3 is 20.7 Å². The number of benzene rings is 1. The van der Waals surface area contributed by atoms with Crippen molar-refractivity contribution in [1.29, 1.82) is 0 Å². The first-order chi connectivity index (χ1) is 17.7. The molecule has 1 heterocycles. The van der Waals surface area contributed by atoms with Crippen LogP contribution in [0.25, 0.3) is 0 Å². The molecule has 4 atom stereocenters. The molecule has 1 aromatic carbocycles. The van der Waals surface area contributed by atoms with Crippen molar-refractivity contribution >= 4 is 47.1 Å². The van der Waals surface area contributed by atoms with E-state index in [0.717, 1.165) is 12.0 Å². The summed E-state index contributed by atoms with van der Waals surface area (Å²) in [7, 11) is 1.30. The summed E-state index contributed by atoms with van der Waals surface area (Å²) in [6.07, 6.45) is 4.14. The fraction of sp³-hybridized carbons (Fsp3) is 0.615. The van der Waals surface area contributed by atoms with Gasteiger partial charge in [-0.05, 0) is 54.9 Å². The van der Waals surface area contributed by atoms with Gasteiger partial charge in [0.1, 0.15) is 12.1 Å². The summed E-state index contributed by atoms with van der Waals surface area (Å²) >= 11 is 7.79. The number of nitrogens with zero attached hydrogens (tertiary/aromatic N) is 1. The van der Waals surface area contributed by atoms with E-state index in [1.54, 1.807) is 17.8 Å². The largest absolute Gasteiger partial charge is 0.467 e. The SMILES string of the molecule is CC[C@H](C)CC(NC(=O)[C@@H]1CCC(=O)N1)N(CC(=O)N[C@@H](CCSC)C(=O)OC)Cc1cccc(Cl)c1. The Bertz CT molecular complexity index is 934. The quantitative estimate of drug-likeness (QED) is 0.225. The number of carbonyl (C=O) groups excluding carboxylic acids is 4. The van der Waals surface area contributed by atoms with Crippen LogP contribution in [0.5, 0.6) is 0 Å². The molecule has 37 heavy (non-hydrogen) atoms. The van der Waals surface area contributed by atoms with Gasteiger partial charge in [0, 0.05) is 18.0 Å². The maximum absolute atomic E-state index is 13.2. The predicted octanol–water partition coefficient (Wildman–Crippen LogP) is 2.71. The number of methoxy groups -OCH3 is 1. The highest BCUT2D eigenvalue weighted by atomic mass is 35.5. The highest BCUT2D eigenvalue weighted by molar-refractivity contribution is 7.98. The van der Waals surface area contributed by atoms with Crippen molar-refractivity contribution in [3.63, 3.8) is 0 Å². The van der Waals surface area contributed by atoms with Crippen LogP contribution >= 0.6 is 23.4 Å². The number of amides is 3. The van der Waals surface area contributed by atoms with Crippen molar-refractivity contribution in [2.45, 2.75) is 70.7 Å². The van der Waals surface area contributed by atoms with E-state index >= 15 is 0 Å². The molecule has 0 bridgehead atoms. The number of rotatable bonds is 15. The number of nitrogens with one attached hydrogen (secondary N) is 3. The molecule has 206 valence electrons. The van der Waals surface area contributed by atoms with E-state index in [2.05, 4.69) is 29.8 Å². The molecule has 0 radical (unpaired) electrons. The van der Waals surface area contributed by atoms with E-state index in [-0.39, 0.29) is 30.2 Å². The summed E-state index contributed by atoms with van der Waals surface area (Å²) in [4.78, 5) is 52.0. The molecule has 0 spiro atoms. The summed E-state index contributed by atoms with van der Waals surface area (Å²) in [6, 6.07) is 5.99. The molecule has 11 heteroatoms. The molecule has 1 fully saturated rings. The van der Waals surface area contributed by atoms with Crippen molar-refractivity contribution in [2.24, 2.45) is 5.92 Å². The summed E-state index contributed by atoms with van der Waals surface area (Å²) in [5, 5.41) is 9.15. The maximum Gasteiger partial charge on any atom is 0.328 e. The molecule has 1 aliphatic rings. The minimum absolute atomic E-state index is 0.0579. The standard InChI is InChI=1S/C26H39ClN4O5S/c1-5-17(2)13-22(30-25(34)20-9-10-23(32)28-20)31(15-18-7-6-8-19(27)14-18)16-24(33)29-21(11-12-37-4)26(35)36-3/h6-8,14,17,20-22H,5,9-13,15-16H2,1-4H3,(H,28,32)(H,29,33)(H,30,34)/t17-,20-,21-,22?/m0/s1. The molecule has 1 aliphatic heterocycles. The lowest BCUT2D eigenvalue weighted by atomic mass is 10.0. The van der Waals surface area contributed by atoms with Gasteiger partial charge >= 0.3 is 5.97 Å². The molecule has 9 nitrogen and oxygen atoms in total. The minimum Gasteiger partial charge on any atom is -0.467 e. The Balaban J connectivity index is 2.28. The fourth-order valence-corrected chi connectivity index (χ4v) is 4.80. The Morgan fingerprint density at radius 1 is 1.30 bits per heavy atom. The van der Waals surface area contributed by atoms with Crippen LogP contribution < -0.4 is 16.0 Å². The van der Waals surface area contributed by atoms with Crippen LogP contribution in [0.15, 0.2) is 24.3 Å². The molecule has 0 aliphatic carbocycles. The average Bonchev–Trinajstić information content (AvgIpc) is 3.31. The van der Waals surface area contributed by atoms with Crippen molar-refractivity contribution in [3.05, 3.63) is 34.9 Å². The number of carbonyl (C=O) groups is 4. The fourth-order valence-electron chi connectivity index (χ4n) is 4.12. The summed E-state index contributed by atoms with van der Waals surface area (Å²) in [5.74, 6) is -0.318. The molecule has 0 aromatic heterocycles. The van der Waals surface area contributed by atoms with Gasteiger partial charge in [-0.1, -0.05) is 44.0 Å². The van der Waals surface area contributed by atoms with E-state index in [4.69, 9.17) is 16.3 Å². The predicted molar refractivity (Wildman–Crippen MR) is 146 cm³/mol. The number of thioether (sulfide) groups is 1. The third-order valence-corrected chi connectivity index (χ3v) is 7.32. The lowest BCUT2D eigenvalue weighted by Crippen LogP contribution is -2.56. The van der Waals surface area contributed by atoms with Crippen molar-refractivity contribution in [1.82, 2.24) is 20.9 Å². The Kier molecular flexibility index (Phi) is 13.2. The number of esters is 1. The molecular formula is C26H39ClN4O5S. The molecule has 2 rings (SSSR count). The van der Waals surface area contributed by atoms with Crippen molar-refractivity contribution in [3.8, 4) is 0 Å². The average molecular weight is 555 g/mol. The van der Waals surface area contributed by atoms with E-state index < -0.39 is 24.2 Å². The Hall–Kier alpha value is -2.30. The summed E-state index contributed by atoms with van der Waals surface area (Å²) < 4.78 is 4.87. The van der Waals surface area contributed by atoms with E-state index in [1.165, 1.54) is 7.11 Å². The topological polar surface area (TPSA) is 117 Å². The normalized spacial score (nSPS) is 17.6. The van der Waals surface area contributed by atoms with Gasteiger partial charge in [-0.25, -0.2) is 4.79 Å². The zero-order valence-electron chi connectivity index (χ0n) is 22.1. The lowest BCUT2D eigenvalue weighted by Gasteiger charge is -2.34. The second kappa shape index (κ2) is 15.8. The van der Waals surface area contributed by atoms with Crippen LogP contribution in [0.2, 0.25) is 5.02 Å². The molecule has 3 N–H and O–H groups in total. The number of ether oxygens (including phenoxy) is 1. The first kappa shape index (κ1) is 30.9. The van der Waals surface area contributed by atoms with Crippen LogP contribution in [0, 0.1) is 5.92 Å². The van der Waals surface area contributed by atoms with Crippen LogP contribution in [0.4, 0.5) is 0 Å². The van der Waals surface area contributed by atoms with Crippen molar-refractivity contribution in [2.75, 3.05) is 25.7 Å². The van der Waals surface area contributed by atoms with Crippen molar-refractivity contribution < 1.29 is 23.9 Å².